The topological polar surface area (TPSA) is 38.3 Å². The van der Waals surface area contributed by atoms with Crippen LogP contribution in [-0.2, 0) is 4.79 Å². The highest BCUT2D eigenvalue weighted by Crippen LogP contribution is 2.17. The third kappa shape index (κ3) is 5.29. The number of ether oxygens (including phenoxy) is 1. The van der Waals surface area contributed by atoms with Gasteiger partial charge in [-0.1, -0.05) is 38.1 Å². The Hall–Kier alpha value is -2.55. The molecule has 0 saturated carbocycles. The summed E-state index contributed by atoms with van der Waals surface area (Å²) >= 11 is 0. The molecule has 1 amide bonds. The molecule has 120 valence electrons. The summed E-state index contributed by atoms with van der Waals surface area (Å²) in [6, 6.07) is 15.6. The van der Waals surface area contributed by atoms with Gasteiger partial charge in [0.1, 0.15) is 5.75 Å². The summed E-state index contributed by atoms with van der Waals surface area (Å²) in [7, 11) is 0. The SMILES string of the molecule is CCOc1ccc(C=CC(=O)Nc2ccc(C(C)C)cc2)cc1. The number of hydrogen-bond acceptors (Lipinski definition) is 2. The van der Waals surface area contributed by atoms with E-state index in [0.717, 1.165) is 17.0 Å². The van der Waals surface area contributed by atoms with Gasteiger partial charge in [0, 0.05) is 11.8 Å². The Morgan fingerprint density at radius 2 is 1.74 bits per heavy atom. The van der Waals surface area contributed by atoms with E-state index in [4.69, 9.17) is 4.74 Å². The van der Waals surface area contributed by atoms with E-state index in [1.807, 2.05) is 55.5 Å². The Morgan fingerprint density at radius 3 is 2.30 bits per heavy atom. The molecule has 2 aromatic carbocycles. The van der Waals surface area contributed by atoms with E-state index >= 15 is 0 Å². The number of amides is 1. The molecule has 3 nitrogen and oxygen atoms in total. The monoisotopic (exact) mass is 309 g/mol. The largest absolute Gasteiger partial charge is 0.494 e. The van der Waals surface area contributed by atoms with Crippen LogP contribution in [0.2, 0.25) is 0 Å². The van der Waals surface area contributed by atoms with E-state index in [2.05, 4.69) is 19.2 Å². The maximum atomic E-state index is 12.0. The number of anilines is 1. The molecule has 2 rings (SSSR count). The molecule has 0 fully saturated rings. The molecule has 0 saturated heterocycles. The summed E-state index contributed by atoms with van der Waals surface area (Å²) in [5, 5.41) is 2.86. The minimum Gasteiger partial charge on any atom is -0.494 e. The summed E-state index contributed by atoms with van der Waals surface area (Å²) in [6.07, 6.45) is 3.32. The number of hydrogen-bond donors (Lipinski definition) is 1. The molecule has 0 heterocycles. The second-order valence-electron chi connectivity index (χ2n) is 5.60. The highest BCUT2D eigenvalue weighted by atomic mass is 16.5. The van der Waals surface area contributed by atoms with Crippen LogP contribution in [0, 0.1) is 0 Å². The molecule has 0 atom stereocenters. The highest BCUT2D eigenvalue weighted by molar-refractivity contribution is 6.01. The first kappa shape index (κ1) is 16.8. The van der Waals surface area contributed by atoms with Gasteiger partial charge in [-0.15, -0.1) is 0 Å². The van der Waals surface area contributed by atoms with E-state index in [1.165, 1.54) is 11.6 Å². The minimum absolute atomic E-state index is 0.142. The average molecular weight is 309 g/mol. The number of carbonyl (C=O) groups excluding carboxylic acids is 1. The lowest BCUT2D eigenvalue weighted by atomic mass is 10.0. The number of benzene rings is 2. The third-order valence-corrected chi connectivity index (χ3v) is 3.46. The first-order chi connectivity index (χ1) is 11.1. The zero-order valence-corrected chi connectivity index (χ0v) is 13.9. The van der Waals surface area contributed by atoms with Crippen molar-refractivity contribution >= 4 is 17.7 Å². The van der Waals surface area contributed by atoms with Crippen LogP contribution < -0.4 is 10.1 Å². The van der Waals surface area contributed by atoms with Gasteiger partial charge in [-0.3, -0.25) is 4.79 Å². The molecule has 0 aliphatic carbocycles. The van der Waals surface area contributed by atoms with Crippen LogP contribution in [0.4, 0.5) is 5.69 Å². The molecule has 0 aliphatic heterocycles. The fraction of sp³-hybridized carbons (Fsp3) is 0.250. The van der Waals surface area contributed by atoms with Crippen molar-refractivity contribution < 1.29 is 9.53 Å². The van der Waals surface area contributed by atoms with Crippen molar-refractivity contribution in [1.29, 1.82) is 0 Å². The van der Waals surface area contributed by atoms with Crippen molar-refractivity contribution in [3.63, 3.8) is 0 Å². The molecular weight excluding hydrogens is 286 g/mol. The number of nitrogens with one attached hydrogen (secondary N) is 1. The maximum Gasteiger partial charge on any atom is 0.248 e. The van der Waals surface area contributed by atoms with Crippen molar-refractivity contribution in [1.82, 2.24) is 0 Å². The van der Waals surface area contributed by atoms with Crippen molar-refractivity contribution in [3.8, 4) is 5.75 Å². The fourth-order valence-corrected chi connectivity index (χ4v) is 2.15. The predicted molar refractivity (Wildman–Crippen MR) is 95.8 cm³/mol. The molecule has 23 heavy (non-hydrogen) atoms. The highest BCUT2D eigenvalue weighted by Gasteiger charge is 2.01. The van der Waals surface area contributed by atoms with E-state index in [9.17, 15) is 4.79 Å². The Kier molecular flexibility index (Phi) is 5.98. The molecule has 0 radical (unpaired) electrons. The Labute approximate surface area is 138 Å². The maximum absolute atomic E-state index is 12.0. The zero-order valence-electron chi connectivity index (χ0n) is 13.9. The van der Waals surface area contributed by atoms with Crippen LogP contribution in [-0.4, -0.2) is 12.5 Å². The van der Waals surface area contributed by atoms with Gasteiger partial charge in [-0.2, -0.15) is 0 Å². The minimum atomic E-state index is -0.142. The van der Waals surface area contributed by atoms with E-state index in [1.54, 1.807) is 6.08 Å². The lowest BCUT2D eigenvalue weighted by Gasteiger charge is -2.07. The Morgan fingerprint density at radius 1 is 1.09 bits per heavy atom. The molecule has 3 heteroatoms. The van der Waals surface area contributed by atoms with Gasteiger partial charge in [0.2, 0.25) is 5.91 Å². The lowest BCUT2D eigenvalue weighted by Crippen LogP contribution is -2.07. The van der Waals surface area contributed by atoms with Crippen LogP contribution in [0.3, 0.4) is 0 Å². The fourth-order valence-electron chi connectivity index (χ4n) is 2.15. The van der Waals surface area contributed by atoms with Crippen LogP contribution in [0.15, 0.2) is 54.6 Å². The summed E-state index contributed by atoms with van der Waals surface area (Å²) in [6.45, 7) is 6.89. The average Bonchev–Trinajstić information content (AvgIpc) is 2.55. The summed E-state index contributed by atoms with van der Waals surface area (Å²) < 4.78 is 5.39. The van der Waals surface area contributed by atoms with Crippen molar-refractivity contribution in [2.24, 2.45) is 0 Å². The normalized spacial score (nSPS) is 11.0. The zero-order chi connectivity index (χ0) is 16.7. The summed E-state index contributed by atoms with van der Waals surface area (Å²) in [5.74, 6) is 1.18. The van der Waals surface area contributed by atoms with Gasteiger partial charge >= 0.3 is 0 Å². The first-order valence-electron chi connectivity index (χ1n) is 7.90. The molecule has 0 aromatic heterocycles. The van der Waals surface area contributed by atoms with Crippen LogP contribution in [0.1, 0.15) is 37.8 Å². The quantitative estimate of drug-likeness (QED) is 0.774. The van der Waals surface area contributed by atoms with E-state index < -0.39 is 0 Å². The van der Waals surface area contributed by atoms with Gasteiger partial charge < -0.3 is 10.1 Å². The van der Waals surface area contributed by atoms with E-state index in [0.29, 0.717) is 12.5 Å². The Bertz CT molecular complexity index is 655. The standard InChI is InChI=1S/C20H23NO2/c1-4-23-19-12-5-16(6-13-19)7-14-20(22)21-18-10-8-17(9-11-18)15(2)3/h5-15H,4H2,1-3H3,(H,21,22). The van der Waals surface area contributed by atoms with Crippen molar-refractivity contribution in [2.75, 3.05) is 11.9 Å². The van der Waals surface area contributed by atoms with Gasteiger partial charge in [-0.05, 0) is 54.3 Å². The van der Waals surface area contributed by atoms with Gasteiger partial charge in [0.15, 0.2) is 0 Å². The van der Waals surface area contributed by atoms with Gasteiger partial charge in [-0.25, -0.2) is 0 Å². The van der Waals surface area contributed by atoms with Gasteiger partial charge in [0.05, 0.1) is 6.61 Å². The predicted octanol–water partition coefficient (Wildman–Crippen LogP) is 4.86. The van der Waals surface area contributed by atoms with Gasteiger partial charge in [0.25, 0.3) is 0 Å². The van der Waals surface area contributed by atoms with Crippen LogP contribution in [0.5, 0.6) is 5.75 Å². The van der Waals surface area contributed by atoms with Crippen LogP contribution in [0.25, 0.3) is 6.08 Å². The molecule has 0 unspecified atom stereocenters. The van der Waals surface area contributed by atoms with Crippen LogP contribution >= 0.6 is 0 Å². The Balaban J connectivity index is 1.93. The van der Waals surface area contributed by atoms with Crippen molar-refractivity contribution in [2.45, 2.75) is 26.7 Å². The molecule has 0 aliphatic rings. The molecule has 0 spiro atoms. The molecular formula is C20H23NO2. The van der Waals surface area contributed by atoms with Crippen molar-refractivity contribution in [3.05, 3.63) is 65.7 Å². The van der Waals surface area contributed by atoms with E-state index in [-0.39, 0.29) is 5.91 Å². The first-order valence-corrected chi connectivity index (χ1v) is 7.90. The number of rotatable bonds is 6. The summed E-state index contributed by atoms with van der Waals surface area (Å²) in [4.78, 5) is 12.0. The molecule has 1 N–H and O–H groups in total. The number of carbonyl (C=O) groups is 1. The second-order valence-corrected chi connectivity index (χ2v) is 5.60. The lowest BCUT2D eigenvalue weighted by molar-refractivity contribution is -0.111. The molecule has 2 aromatic rings. The molecule has 0 bridgehead atoms. The second kappa shape index (κ2) is 8.18. The third-order valence-electron chi connectivity index (χ3n) is 3.46. The smallest absolute Gasteiger partial charge is 0.248 e. The summed E-state index contributed by atoms with van der Waals surface area (Å²) in [5.41, 5.74) is 3.02.